The Balaban J connectivity index is 1.77. The molecule has 5 nitrogen and oxygen atoms in total. The van der Waals surface area contributed by atoms with Crippen LogP contribution >= 0.6 is 0 Å². The largest absolute Gasteiger partial charge is 0.349 e. The van der Waals surface area contributed by atoms with E-state index in [0.717, 1.165) is 24.0 Å². The summed E-state index contributed by atoms with van der Waals surface area (Å²) in [6.45, 7) is 3.81. The fourth-order valence-corrected chi connectivity index (χ4v) is 3.54. The quantitative estimate of drug-likeness (QED) is 0.875. The van der Waals surface area contributed by atoms with E-state index < -0.39 is 10.0 Å². The molecule has 0 bridgehead atoms. The minimum Gasteiger partial charge on any atom is -0.349 e. The van der Waals surface area contributed by atoms with Crippen LogP contribution in [0, 0.1) is 13.8 Å². The van der Waals surface area contributed by atoms with Gasteiger partial charge in [0.05, 0.1) is 10.6 Å². The summed E-state index contributed by atoms with van der Waals surface area (Å²) in [5, 5.41) is 2.88. The van der Waals surface area contributed by atoms with Gasteiger partial charge in [0.25, 0.3) is 15.9 Å². The third-order valence-electron chi connectivity index (χ3n) is 3.97. The van der Waals surface area contributed by atoms with E-state index in [4.69, 9.17) is 0 Å². The van der Waals surface area contributed by atoms with E-state index in [0.29, 0.717) is 11.3 Å². The molecule has 0 heterocycles. The first-order valence-electron chi connectivity index (χ1n) is 7.86. The molecule has 1 saturated carbocycles. The number of benzene rings is 2. The van der Waals surface area contributed by atoms with Crippen molar-refractivity contribution in [3.63, 3.8) is 0 Å². The van der Waals surface area contributed by atoms with Crippen LogP contribution in [0.15, 0.2) is 47.4 Å². The molecule has 0 spiro atoms. The summed E-state index contributed by atoms with van der Waals surface area (Å²) >= 11 is 0. The molecule has 2 aromatic rings. The van der Waals surface area contributed by atoms with E-state index in [-0.39, 0.29) is 16.8 Å². The number of aryl methyl sites for hydroxylation is 2. The smallest absolute Gasteiger partial charge is 0.261 e. The molecule has 2 N–H and O–H groups in total. The van der Waals surface area contributed by atoms with Gasteiger partial charge in [-0.1, -0.05) is 17.7 Å². The number of amides is 1. The first-order chi connectivity index (χ1) is 11.3. The van der Waals surface area contributed by atoms with Crippen molar-refractivity contribution in [1.29, 1.82) is 0 Å². The summed E-state index contributed by atoms with van der Waals surface area (Å²) in [7, 11) is -3.68. The number of rotatable bonds is 5. The number of carbonyl (C=O) groups excluding carboxylic acids is 1. The second-order valence-electron chi connectivity index (χ2n) is 6.20. The third kappa shape index (κ3) is 3.76. The highest BCUT2D eigenvalue weighted by Gasteiger charge is 2.24. The molecular weight excluding hydrogens is 324 g/mol. The van der Waals surface area contributed by atoms with Crippen LogP contribution in [0.3, 0.4) is 0 Å². The van der Waals surface area contributed by atoms with Crippen LogP contribution in [0.4, 0.5) is 5.69 Å². The van der Waals surface area contributed by atoms with Gasteiger partial charge in [0.1, 0.15) is 0 Å². The Morgan fingerprint density at radius 1 is 1.04 bits per heavy atom. The van der Waals surface area contributed by atoms with E-state index in [2.05, 4.69) is 10.0 Å². The van der Waals surface area contributed by atoms with Crippen molar-refractivity contribution in [2.45, 2.75) is 37.6 Å². The molecule has 0 atom stereocenters. The molecule has 0 aromatic heterocycles. The van der Waals surface area contributed by atoms with E-state index >= 15 is 0 Å². The highest BCUT2D eigenvalue weighted by molar-refractivity contribution is 7.92. The molecular formula is C18H20N2O3S. The molecule has 0 unspecified atom stereocenters. The zero-order valence-corrected chi connectivity index (χ0v) is 14.5. The van der Waals surface area contributed by atoms with Crippen molar-refractivity contribution in [3.8, 4) is 0 Å². The maximum atomic E-state index is 12.5. The number of hydrogen-bond acceptors (Lipinski definition) is 3. The third-order valence-corrected chi connectivity index (χ3v) is 5.35. The van der Waals surface area contributed by atoms with E-state index in [1.807, 2.05) is 26.0 Å². The standard InChI is InChI=1S/C18H20N2O3S/c1-12-3-10-17(13(2)11-12)20-24(22,23)16-8-4-14(5-9-16)18(21)19-15-6-7-15/h3-5,8-11,15,20H,6-7H2,1-2H3,(H,19,21). The predicted octanol–water partition coefficient (Wildman–Crippen LogP) is 3.00. The number of hydrogen-bond donors (Lipinski definition) is 2. The summed E-state index contributed by atoms with van der Waals surface area (Å²) in [5.41, 5.74) is 2.95. The topological polar surface area (TPSA) is 75.3 Å². The normalized spacial score (nSPS) is 14.2. The van der Waals surface area contributed by atoms with Crippen LogP contribution in [-0.2, 0) is 10.0 Å². The van der Waals surface area contributed by atoms with Gasteiger partial charge in [0.2, 0.25) is 0 Å². The van der Waals surface area contributed by atoms with Gasteiger partial charge in [-0.3, -0.25) is 9.52 Å². The summed E-state index contributed by atoms with van der Waals surface area (Å²) < 4.78 is 27.6. The second kappa shape index (κ2) is 6.28. The molecule has 126 valence electrons. The Kier molecular flexibility index (Phi) is 4.32. The van der Waals surface area contributed by atoms with Crippen LogP contribution < -0.4 is 10.0 Å². The summed E-state index contributed by atoms with van der Waals surface area (Å²) in [6.07, 6.45) is 2.02. The molecule has 1 aliphatic rings. The minimum atomic E-state index is -3.68. The number of carbonyl (C=O) groups is 1. The lowest BCUT2D eigenvalue weighted by molar-refractivity contribution is 0.0951. The number of anilines is 1. The van der Waals surface area contributed by atoms with E-state index in [1.54, 1.807) is 6.07 Å². The highest BCUT2D eigenvalue weighted by atomic mass is 32.2. The van der Waals surface area contributed by atoms with Gasteiger partial charge in [-0.2, -0.15) is 0 Å². The molecule has 3 rings (SSSR count). The minimum absolute atomic E-state index is 0.130. The van der Waals surface area contributed by atoms with Gasteiger partial charge in [-0.05, 0) is 62.6 Å². The van der Waals surface area contributed by atoms with Crippen molar-refractivity contribution >= 4 is 21.6 Å². The Bertz CT molecular complexity index is 870. The summed E-state index contributed by atoms with van der Waals surface area (Å²) in [5.74, 6) is -0.163. The van der Waals surface area contributed by atoms with Crippen LogP contribution in [-0.4, -0.2) is 20.4 Å². The Morgan fingerprint density at radius 3 is 2.29 bits per heavy atom. The first-order valence-corrected chi connectivity index (χ1v) is 9.34. The van der Waals surface area contributed by atoms with Gasteiger partial charge in [-0.15, -0.1) is 0 Å². The maximum absolute atomic E-state index is 12.5. The van der Waals surface area contributed by atoms with Gasteiger partial charge in [0.15, 0.2) is 0 Å². The second-order valence-corrected chi connectivity index (χ2v) is 7.88. The summed E-state index contributed by atoms with van der Waals surface area (Å²) in [4.78, 5) is 12.1. The molecule has 1 fully saturated rings. The average molecular weight is 344 g/mol. The van der Waals surface area contributed by atoms with Crippen molar-refractivity contribution < 1.29 is 13.2 Å². The molecule has 1 amide bonds. The molecule has 6 heteroatoms. The van der Waals surface area contributed by atoms with E-state index in [1.165, 1.54) is 24.3 Å². The fourth-order valence-electron chi connectivity index (χ4n) is 2.41. The highest BCUT2D eigenvalue weighted by Crippen LogP contribution is 2.22. The number of nitrogens with one attached hydrogen (secondary N) is 2. The summed E-state index contributed by atoms with van der Waals surface area (Å²) in [6, 6.07) is 11.8. The lowest BCUT2D eigenvalue weighted by atomic mass is 10.1. The zero-order valence-electron chi connectivity index (χ0n) is 13.7. The SMILES string of the molecule is Cc1ccc(NS(=O)(=O)c2ccc(C(=O)NC3CC3)cc2)c(C)c1. The van der Waals surface area contributed by atoms with E-state index in [9.17, 15) is 13.2 Å². The Morgan fingerprint density at radius 2 is 1.71 bits per heavy atom. The Hall–Kier alpha value is -2.34. The fraction of sp³-hybridized carbons (Fsp3) is 0.278. The van der Waals surface area contributed by atoms with Crippen LogP contribution in [0.2, 0.25) is 0 Å². The van der Waals surface area contributed by atoms with Crippen molar-refractivity contribution in [3.05, 3.63) is 59.2 Å². The lowest BCUT2D eigenvalue weighted by Gasteiger charge is -2.11. The molecule has 24 heavy (non-hydrogen) atoms. The molecule has 0 saturated heterocycles. The Labute approximate surface area is 142 Å². The van der Waals surface area contributed by atoms with Crippen LogP contribution in [0.5, 0.6) is 0 Å². The van der Waals surface area contributed by atoms with Gasteiger partial charge in [0, 0.05) is 11.6 Å². The maximum Gasteiger partial charge on any atom is 0.261 e. The molecule has 0 aliphatic heterocycles. The van der Waals surface area contributed by atoms with Crippen molar-refractivity contribution in [1.82, 2.24) is 5.32 Å². The zero-order chi connectivity index (χ0) is 17.3. The molecule has 1 aliphatic carbocycles. The van der Waals surface area contributed by atoms with Gasteiger partial charge in [-0.25, -0.2) is 8.42 Å². The predicted molar refractivity (Wildman–Crippen MR) is 93.7 cm³/mol. The monoisotopic (exact) mass is 344 g/mol. The van der Waals surface area contributed by atoms with Crippen molar-refractivity contribution in [2.24, 2.45) is 0 Å². The molecule has 2 aromatic carbocycles. The first kappa shape index (κ1) is 16.5. The van der Waals surface area contributed by atoms with Gasteiger partial charge >= 0.3 is 0 Å². The number of sulfonamides is 1. The van der Waals surface area contributed by atoms with Crippen molar-refractivity contribution in [2.75, 3.05) is 4.72 Å². The molecule has 0 radical (unpaired) electrons. The van der Waals surface area contributed by atoms with Gasteiger partial charge < -0.3 is 5.32 Å². The van der Waals surface area contributed by atoms with Crippen LogP contribution in [0.25, 0.3) is 0 Å². The lowest BCUT2D eigenvalue weighted by Crippen LogP contribution is -2.25. The average Bonchev–Trinajstić information content (AvgIpc) is 3.34. The van der Waals surface area contributed by atoms with Crippen LogP contribution in [0.1, 0.15) is 34.3 Å².